The van der Waals surface area contributed by atoms with E-state index in [4.69, 9.17) is 5.73 Å². The van der Waals surface area contributed by atoms with Gasteiger partial charge in [-0.15, -0.1) is 0 Å². The maximum absolute atomic E-state index is 11.8. The summed E-state index contributed by atoms with van der Waals surface area (Å²) in [5.41, 5.74) is 6.69. The molecule has 0 aromatic carbocycles. The molecule has 5 heteroatoms. The lowest BCUT2D eigenvalue weighted by molar-refractivity contribution is -0.124. The summed E-state index contributed by atoms with van der Waals surface area (Å²) in [4.78, 5) is 11.8. The van der Waals surface area contributed by atoms with Crippen molar-refractivity contribution >= 4 is 5.91 Å². The van der Waals surface area contributed by atoms with Gasteiger partial charge in [-0.25, -0.2) is 0 Å². The van der Waals surface area contributed by atoms with E-state index in [1.165, 1.54) is 0 Å². The molecule has 1 aliphatic carbocycles. The third kappa shape index (κ3) is 2.61. The van der Waals surface area contributed by atoms with Crippen molar-refractivity contribution in [3.05, 3.63) is 18.0 Å². The number of carbonyl (C=O) groups is 1. The van der Waals surface area contributed by atoms with Crippen LogP contribution in [0.25, 0.3) is 0 Å². The second-order valence-corrected chi connectivity index (χ2v) is 4.37. The highest BCUT2D eigenvalue weighted by atomic mass is 16.2. The van der Waals surface area contributed by atoms with Crippen molar-refractivity contribution < 1.29 is 4.79 Å². The van der Waals surface area contributed by atoms with E-state index in [0.29, 0.717) is 19.0 Å². The van der Waals surface area contributed by atoms with Crippen LogP contribution in [-0.2, 0) is 18.3 Å². The molecule has 88 valence electrons. The fourth-order valence-electron chi connectivity index (χ4n) is 1.68. The second kappa shape index (κ2) is 4.65. The number of amides is 1. The van der Waals surface area contributed by atoms with Crippen LogP contribution in [0.3, 0.4) is 0 Å². The van der Waals surface area contributed by atoms with E-state index in [9.17, 15) is 4.79 Å². The smallest absolute Gasteiger partial charge is 0.224 e. The number of nitrogens with one attached hydrogen (secondary N) is 1. The average Bonchev–Trinajstić information content (AvgIpc) is 2.98. The zero-order chi connectivity index (χ0) is 11.5. The maximum atomic E-state index is 11.8. The zero-order valence-electron chi connectivity index (χ0n) is 9.52. The predicted octanol–water partition coefficient (Wildman–Crippen LogP) is -0.184. The molecule has 2 rings (SSSR count). The van der Waals surface area contributed by atoms with Gasteiger partial charge in [0.15, 0.2) is 0 Å². The molecule has 0 saturated heterocycles. The van der Waals surface area contributed by atoms with Crippen molar-refractivity contribution in [2.75, 3.05) is 6.54 Å². The minimum Gasteiger partial charge on any atom is -0.353 e. The average molecular weight is 222 g/mol. The van der Waals surface area contributed by atoms with Crippen LogP contribution in [0.2, 0.25) is 0 Å². The van der Waals surface area contributed by atoms with E-state index < -0.39 is 0 Å². The SMILES string of the molecule is Cn1nccc1CC(CN)C(=O)NC1CC1. The van der Waals surface area contributed by atoms with Gasteiger partial charge in [0.05, 0.1) is 5.92 Å². The first-order valence-electron chi connectivity index (χ1n) is 5.68. The predicted molar refractivity (Wildman–Crippen MR) is 60.6 cm³/mol. The lowest BCUT2D eigenvalue weighted by atomic mass is 10.0. The summed E-state index contributed by atoms with van der Waals surface area (Å²) >= 11 is 0. The highest BCUT2D eigenvalue weighted by Gasteiger charge is 2.27. The molecular weight excluding hydrogens is 204 g/mol. The Kier molecular flexibility index (Phi) is 3.24. The molecule has 3 N–H and O–H groups in total. The van der Waals surface area contributed by atoms with Gasteiger partial charge in [0.1, 0.15) is 0 Å². The van der Waals surface area contributed by atoms with Gasteiger partial charge in [-0.3, -0.25) is 9.48 Å². The Hall–Kier alpha value is -1.36. The van der Waals surface area contributed by atoms with Crippen LogP contribution in [0.15, 0.2) is 12.3 Å². The van der Waals surface area contributed by atoms with E-state index in [0.717, 1.165) is 18.5 Å². The molecule has 1 aliphatic rings. The Morgan fingerprint density at radius 1 is 1.75 bits per heavy atom. The number of aryl methyl sites for hydroxylation is 1. The molecule has 0 aliphatic heterocycles. The van der Waals surface area contributed by atoms with Crippen LogP contribution < -0.4 is 11.1 Å². The third-order valence-electron chi connectivity index (χ3n) is 2.96. The van der Waals surface area contributed by atoms with Gasteiger partial charge in [0, 0.05) is 37.9 Å². The fourth-order valence-corrected chi connectivity index (χ4v) is 1.68. The van der Waals surface area contributed by atoms with E-state index >= 15 is 0 Å². The Morgan fingerprint density at radius 2 is 2.50 bits per heavy atom. The number of hydrogen-bond acceptors (Lipinski definition) is 3. The molecule has 16 heavy (non-hydrogen) atoms. The van der Waals surface area contributed by atoms with E-state index in [2.05, 4.69) is 10.4 Å². The molecule has 0 bridgehead atoms. The highest BCUT2D eigenvalue weighted by molar-refractivity contribution is 5.79. The van der Waals surface area contributed by atoms with Crippen molar-refractivity contribution in [3.63, 3.8) is 0 Å². The summed E-state index contributed by atoms with van der Waals surface area (Å²) in [5.74, 6) is -0.0674. The lowest BCUT2D eigenvalue weighted by Crippen LogP contribution is -2.37. The Bertz CT molecular complexity index is 370. The fraction of sp³-hybridized carbons (Fsp3) is 0.636. The van der Waals surface area contributed by atoms with Gasteiger partial charge in [-0.1, -0.05) is 0 Å². The third-order valence-corrected chi connectivity index (χ3v) is 2.96. The highest BCUT2D eigenvalue weighted by Crippen LogP contribution is 2.19. The van der Waals surface area contributed by atoms with Gasteiger partial charge in [0.2, 0.25) is 5.91 Å². The molecular formula is C11H18N4O. The molecule has 0 radical (unpaired) electrons. The standard InChI is InChI=1S/C11H18N4O/c1-15-10(4-5-13-15)6-8(7-12)11(16)14-9-2-3-9/h4-5,8-9H,2-3,6-7,12H2,1H3,(H,14,16). The first-order valence-corrected chi connectivity index (χ1v) is 5.68. The van der Waals surface area contributed by atoms with Crippen molar-refractivity contribution in [1.29, 1.82) is 0 Å². The Morgan fingerprint density at radius 3 is 3.00 bits per heavy atom. The first-order chi connectivity index (χ1) is 7.70. The molecule has 1 heterocycles. The van der Waals surface area contributed by atoms with Crippen LogP contribution in [0.5, 0.6) is 0 Å². The molecule has 1 atom stereocenters. The Labute approximate surface area is 95.0 Å². The van der Waals surface area contributed by atoms with E-state index in [1.807, 2.05) is 13.1 Å². The minimum atomic E-state index is -0.143. The maximum Gasteiger partial charge on any atom is 0.224 e. The molecule has 0 spiro atoms. The summed E-state index contributed by atoms with van der Waals surface area (Å²) in [6.07, 6.45) is 4.61. The summed E-state index contributed by atoms with van der Waals surface area (Å²) < 4.78 is 1.78. The van der Waals surface area contributed by atoms with Crippen molar-refractivity contribution in [2.24, 2.45) is 18.7 Å². The van der Waals surface area contributed by atoms with E-state index in [1.54, 1.807) is 10.9 Å². The summed E-state index contributed by atoms with van der Waals surface area (Å²) in [6, 6.07) is 2.32. The largest absolute Gasteiger partial charge is 0.353 e. The monoisotopic (exact) mass is 222 g/mol. The first kappa shape index (κ1) is 11.1. The van der Waals surface area contributed by atoms with Crippen LogP contribution in [0, 0.1) is 5.92 Å². The number of nitrogens with two attached hydrogens (primary N) is 1. The lowest BCUT2D eigenvalue weighted by Gasteiger charge is -2.14. The van der Waals surface area contributed by atoms with Crippen LogP contribution >= 0.6 is 0 Å². The summed E-state index contributed by atoms with van der Waals surface area (Å²) in [6.45, 7) is 0.379. The van der Waals surface area contributed by atoms with Gasteiger partial charge in [-0.2, -0.15) is 5.10 Å². The number of rotatable bonds is 5. The summed E-state index contributed by atoms with van der Waals surface area (Å²) in [5, 5.41) is 7.07. The van der Waals surface area contributed by atoms with Crippen LogP contribution in [0.4, 0.5) is 0 Å². The van der Waals surface area contributed by atoms with Gasteiger partial charge in [0.25, 0.3) is 0 Å². The number of carbonyl (C=O) groups excluding carboxylic acids is 1. The van der Waals surface area contributed by atoms with Crippen LogP contribution in [-0.4, -0.2) is 28.3 Å². The van der Waals surface area contributed by atoms with E-state index in [-0.39, 0.29) is 11.8 Å². The topological polar surface area (TPSA) is 72.9 Å². The molecule has 1 saturated carbocycles. The van der Waals surface area contributed by atoms with Gasteiger partial charge in [-0.05, 0) is 18.9 Å². The molecule has 1 fully saturated rings. The Balaban J connectivity index is 1.93. The zero-order valence-corrected chi connectivity index (χ0v) is 9.52. The molecule has 1 aromatic rings. The number of hydrogen-bond donors (Lipinski definition) is 2. The van der Waals surface area contributed by atoms with Gasteiger partial charge < -0.3 is 11.1 Å². The molecule has 5 nitrogen and oxygen atoms in total. The quantitative estimate of drug-likeness (QED) is 0.725. The number of aromatic nitrogens is 2. The second-order valence-electron chi connectivity index (χ2n) is 4.37. The molecule has 1 amide bonds. The summed E-state index contributed by atoms with van der Waals surface area (Å²) in [7, 11) is 1.88. The van der Waals surface area contributed by atoms with Crippen molar-refractivity contribution in [1.82, 2.24) is 15.1 Å². The van der Waals surface area contributed by atoms with Crippen LogP contribution in [0.1, 0.15) is 18.5 Å². The van der Waals surface area contributed by atoms with Crippen molar-refractivity contribution in [2.45, 2.75) is 25.3 Å². The normalized spacial score (nSPS) is 17.1. The molecule has 1 unspecified atom stereocenters. The van der Waals surface area contributed by atoms with Crippen molar-refractivity contribution in [3.8, 4) is 0 Å². The number of nitrogens with zero attached hydrogens (tertiary/aromatic N) is 2. The minimum absolute atomic E-state index is 0.0752. The molecule has 1 aromatic heterocycles. The van der Waals surface area contributed by atoms with Gasteiger partial charge >= 0.3 is 0 Å².